The van der Waals surface area contributed by atoms with Crippen LogP contribution >= 0.6 is 0 Å². The number of piperazine rings is 1. The Morgan fingerprint density at radius 3 is 2.48 bits per heavy atom. The molecule has 0 aliphatic carbocycles. The fourth-order valence-electron chi connectivity index (χ4n) is 2.50. The summed E-state index contributed by atoms with van der Waals surface area (Å²) < 4.78 is 5.05. The maximum absolute atomic E-state index is 11.8. The van der Waals surface area contributed by atoms with E-state index in [9.17, 15) is 4.79 Å². The SMILES string of the molecule is CCOC(=O)N1CCN(c2cc(NC(C)(C)C)nc(C)n2)CC1. The Bertz CT molecular complexity index is 548. The molecular weight excluding hydrogens is 294 g/mol. The highest BCUT2D eigenvalue weighted by Crippen LogP contribution is 2.20. The van der Waals surface area contributed by atoms with Crippen molar-refractivity contribution in [1.82, 2.24) is 14.9 Å². The van der Waals surface area contributed by atoms with E-state index >= 15 is 0 Å². The van der Waals surface area contributed by atoms with Crippen LogP contribution in [0.2, 0.25) is 0 Å². The molecule has 1 aliphatic rings. The van der Waals surface area contributed by atoms with Crippen LogP contribution in [0.25, 0.3) is 0 Å². The highest BCUT2D eigenvalue weighted by molar-refractivity contribution is 5.68. The first-order valence-corrected chi connectivity index (χ1v) is 8.09. The molecule has 0 radical (unpaired) electrons. The number of anilines is 2. The third-order valence-electron chi connectivity index (χ3n) is 3.46. The van der Waals surface area contributed by atoms with Gasteiger partial charge in [0, 0.05) is 37.8 Å². The van der Waals surface area contributed by atoms with Gasteiger partial charge in [-0.3, -0.25) is 0 Å². The van der Waals surface area contributed by atoms with E-state index in [1.54, 1.807) is 4.90 Å². The predicted octanol–water partition coefficient (Wildman–Crippen LogP) is 2.27. The third kappa shape index (κ3) is 4.97. The number of nitrogens with zero attached hydrogens (tertiary/aromatic N) is 4. The molecule has 0 aromatic carbocycles. The Morgan fingerprint density at radius 2 is 1.91 bits per heavy atom. The molecule has 1 N–H and O–H groups in total. The highest BCUT2D eigenvalue weighted by Gasteiger charge is 2.23. The second kappa shape index (κ2) is 7.02. The lowest BCUT2D eigenvalue weighted by atomic mass is 10.1. The summed E-state index contributed by atoms with van der Waals surface area (Å²) >= 11 is 0. The Balaban J connectivity index is 2.04. The first kappa shape index (κ1) is 17.3. The fourth-order valence-corrected chi connectivity index (χ4v) is 2.50. The topological polar surface area (TPSA) is 70.6 Å². The van der Waals surface area contributed by atoms with E-state index in [2.05, 4.69) is 41.0 Å². The van der Waals surface area contributed by atoms with Gasteiger partial charge in [0.2, 0.25) is 0 Å². The van der Waals surface area contributed by atoms with Crippen LogP contribution in [0.1, 0.15) is 33.5 Å². The Hall–Kier alpha value is -2.05. The van der Waals surface area contributed by atoms with E-state index in [0.717, 1.165) is 30.5 Å². The van der Waals surface area contributed by atoms with Crippen molar-refractivity contribution in [3.05, 3.63) is 11.9 Å². The second-order valence-corrected chi connectivity index (χ2v) is 6.71. The summed E-state index contributed by atoms with van der Waals surface area (Å²) in [5, 5.41) is 3.38. The van der Waals surface area contributed by atoms with Crippen molar-refractivity contribution >= 4 is 17.7 Å². The molecule has 0 unspecified atom stereocenters. The van der Waals surface area contributed by atoms with Crippen LogP contribution in [0.5, 0.6) is 0 Å². The quantitative estimate of drug-likeness (QED) is 0.921. The van der Waals surface area contributed by atoms with E-state index in [0.29, 0.717) is 19.7 Å². The number of hydrogen-bond acceptors (Lipinski definition) is 6. The summed E-state index contributed by atoms with van der Waals surface area (Å²) in [5.74, 6) is 2.46. The number of rotatable bonds is 3. The first-order valence-electron chi connectivity index (χ1n) is 8.09. The molecule has 0 saturated carbocycles. The third-order valence-corrected chi connectivity index (χ3v) is 3.46. The summed E-state index contributed by atoms with van der Waals surface area (Å²) in [6.45, 7) is 13.2. The minimum Gasteiger partial charge on any atom is -0.450 e. The second-order valence-electron chi connectivity index (χ2n) is 6.71. The normalized spacial score (nSPS) is 15.5. The number of aryl methyl sites for hydroxylation is 1. The highest BCUT2D eigenvalue weighted by atomic mass is 16.6. The number of carbonyl (C=O) groups is 1. The number of aromatic nitrogens is 2. The summed E-state index contributed by atoms with van der Waals surface area (Å²) in [6.07, 6.45) is -0.235. The van der Waals surface area contributed by atoms with Crippen molar-refractivity contribution in [2.24, 2.45) is 0 Å². The van der Waals surface area contributed by atoms with Crippen molar-refractivity contribution in [3.63, 3.8) is 0 Å². The molecule has 7 nitrogen and oxygen atoms in total. The first-order chi connectivity index (χ1) is 10.8. The summed E-state index contributed by atoms with van der Waals surface area (Å²) in [7, 11) is 0. The van der Waals surface area contributed by atoms with Gasteiger partial charge in [0.05, 0.1) is 6.61 Å². The standard InChI is InChI=1S/C16H27N5O2/c1-6-23-15(22)21-9-7-20(8-10-21)14-11-13(17-12(2)18-14)19-16(3,4)5/h11H,6-10H2,1-5H3,(H,17,18,19). The minimum atomic E-state index is -0.235. The van der Waals surface area contributed by atoms with Gasteiger partial charge in [0.25, 0.3) is 0 Å². The van der Waals surface area contributed by atoms with Crippen molar-refractivity contribution in [1.29, 1.82) is 0 Å². The van der Waals surface area contributed by atoms with Gasteiger partial charge >= 0.3 is 6.09 Å². The Kier molecular flexibility index (Phi) is 5.28. The van der Waals surface area contributed by atoms with Crippen LogP contribution in [0.3, 0.4) is 0 Å². The molecule has 7 heteroatoms. The lowest BCUT2D eigenvalue weighted by Gasteiger charge is -2.35. The molecule has 0 spiro atoms. The monoisotopic (exact) mass is 321 g/mol. The van der Waals surface area contributed by atoms with Crippen molar-refractivity contribution in [2.45, 2.75) is 40.2 Å². The summed E-state index contributed by atoms with van der Waals surface area (Å²) in [5.41, 5.74) is -0.0549. The van der Waals surface area contributed by atoms with Gasteiger partial charge in [-0.25, -0.2) is 14.8 Å². The predicted molar refractivity (Wildman–Crippen MR) is 91.0 cm³/mol. The Morgan fingerprint density at radius 1 is 1.26 bits per heavy atom. The molecular formula is C16H27N5O2. The molecule has 1 amide bonds. The number of nitrogens with one attached hydrogen (secondary N) is 1. The molecule has 1 aromatic rings. The summed E-state index contributed by atoms with van der Waals surface area (Å²) in [4.78, 5) is 24.7. The number of ether oxygens (including phenoxy) is 1. The zero-order chi connectivity index (χ0) is 17.0. The van der Waals surface area contributed by atoms with Crippen LogP contribution in [0.4, 0.5) is 16.4 Å². The molecule has 128 valence electrons. The van der Waals surface area contributed by atoms with E-state index in [4.69, 9.17) is 4.74 Å². The van der Waals surface area contributed by atoms with Gasteiger partial charge in [-0.2, -0.15) is 0 Å². The molecule has 1 aromatic heterocycles. The molecule has 0 atom stereocenters. The van der Waals surface area contributed by atoms with Gasteiger partial charge in [0.15, 0.2) is 0 Å². The number of carbonyl (C=O) groups excluding carboxylic acids is 1. The molecule has 2 rings (SSSR count). The largest absolute Gasteiger partial charge is 0.450 e. The van der Waals surface area contributed by atoms with Gasteiger partial charge in [-0.05, 0) is 34.6 Å². The van der Waals surface area contributed by atoms with Crippen molar-refractivity contribution in [3.8, 4) is 0 Å². The maximum atomic E-state index is 11.8. The lowest BCUT2D eigenvalue weighted by Crippen LogP contribution is -2.49. The van der Waals surface area contributed by atoms with Crippen LogP contribution in [-0.2, 0) is 4.74 Å². The van der Waals surface area contributed by atoms with Gasteiger partial charge < -0.3 is 19.9 Å². The average Bonchev–Trinajstić information content (AvgIpc) is 2.45. The zero-order valence-electron chi connectivity index (χ0n) is 14.7. The number of hydrogen-bond donors (Lipinski definition) is 1. The van der Waals surface area contributed by atoms with Crippen molar-refractivity contribution < 1.29 is 9.53 Å². The fraction of sp³-hybridized carbons (Fsp3) is 0.688. The molecule has 1 saturated heterocycles. The minimum absolute atomic E-state index is 0.0549. The molecule has 2 heterocycles. The molecule has 1 aliphatic heterocycles. The van der Waals surface area contributed by atoms with Crippen LogP contribution in [0.15, 0.2) is 6.07 Å². The van der Waals surface area contributed by atoms with E-state index in [1.165, 1.54) is 0 Å². The zero-order valence-corrected chi connectivity index (χ0v) is 14.7. The van der Waals surface area contributed by atoms with E-state index in [-0.39, 0.29) is 11.6 Å². The van der Waals surface area contributed by atoms with Gasteiger partial charge in [-0.15, -0.1) is 0 Å². The molecule has 23 heavy (non-hydrogen) atoms. The van der Waals surface area contributed by atoms with Gasteiger partial charge in [0.1, 0.15) is 17.5 Å². The maximum Gasteiger partial charge on any atom is 0.409 e. The Labute approximate surface area is 138 Å². The number of amides is 1. The van der Waals surface area contributed by atoms with Crippen LogP contribution in [0, 0.1) is 6.92 Å². The molecule has 0 bridgehead atoms. The van der Waals surface area contributed by atoms with Gasteiger partial charge in [-0.1, -0.05) is 0 Å². The van der Waals surface area contributed by atoms with Crippen molar-refractivity contribution in [2.75, 3.05) is 43.0 Å². The summed E-state index contributed by atoms with van der Waals surface area (Å²) in [6, 6.07) is 1.97. The average molecular weight is 321 g/mol. The van der Waals surface area contributed by atoms with E-state index < -0.39 is 0 Å². The molecule has 1 fully saturated rings. The van der Waals surface area contributed by atoms with Crippen LogP contribution < -0.4 is 10.2 Å². The lowest BCUT2D eigenvalue weighted by molar-refractivity contribution is 0.105. The van der Waals surface area contributed by atoms with E-state index in [1.807, 2.05) is 19.9 Å². The smallest absolute Gasteiger partial charge is 0.409 e. The van der Waals surface area contributed by atoms with Crippen LogP contribution in [-0.4, -0.2) is 59.3 Å².